The molecule has 3 nitrogen and oxygen atoms in total. The predicted molar refractivity (Wildman–Crippen MR) is 76.4 cm³/mol. The molecule has 4 heteroatoms. The molecule has 3 N–H and O–H groups in total. The Kier molecular flexibility index (Phi) is 4.48. The van der Waals surface area contributed by atoms with Crippen molar-refractivity contribution in [2.24, 2.45) is 5.73 Å². The lowest BCUT2D eigenvalue weighted by Crippen LogP contribution is -2.33. The summed E-state index contributed by atoms with van der Waals surface area (Å²) in [6, 6.07) is 13.6. The number of amides is 1. The minimum Gasteiger partial charge on any atom is -0.368 e. The third-order valence-electron chi connectivity index (χ3n) is 3.15. The second-order valence-electron chi connectivity index (χ2n) is 4.71. The molecule has 2 rings (SSSR count). The van der Waals surface area contributed by atoms with E-state index in [9.17, 15) is 9.18 Å². The highest BCUT2D eigenvalue weighted by Crippen LogP contribution is 2.14. The number of nitrogens with one attached hydrogen (secondary N) is 1. The molecular weight excluding hydrogens is 255 g/mol. The van der Waals surface area contributed by atoms with E-state index in [1.54, 1.807) is 19.1 Å². The van der Waals surface area contributed by atoms with Gasteiger partial charge in [-0.3, -0.25) is 10.1 Å². The number of rotatable bonds is 5. The van der Waals surface area contributed by atoms with Crippen molar-refractivity contribution in [1.82, 2.24) is 5.32 Å². The first-order valence-electron chi connectivity index (χ1n) is 6.40. The number of primary amides is 1. The SMILES string of the molecule is Cc1cc(CN[C@H](C(N)=O)c2ccccc2)ccc1F. The van der Waals surface area contributed by atoms with E-state index in [1.807, 2.05) is 30.3 Å². The summed E-state index contributed by atoms with van der Waals surface area (Å²) >= 11 is 0. The summed E-state index contributed by atoms with van der Waals surface area (Å²) in [5.41, 5.74) is 7.74. The molecule has 0 heterocycles. The van der Waals surface area contributed by atoms with Crippen LogP contribution in [-0.4, -0.2) is 5.91 Å². The van der Waals surface area contributed by atoms with Gasteiger partial charge < -0.3 is 5.73 Å². The van der Waals surface area contributed by atoms with Gasteiger partial charge in [0, 0.05) is 6.54 Å². The molecule has 104 valence electrons. The van der Waals surface area contributed by atoms with Gasteiger partial charge >= 0.3 is 0 Å². The van der Waals surface area contributed by atoms with Crippen molar-refractivity contribution in [3.8, 4) is 0 Å². The Morgan fingerprint density at radius 1 is 1.25 bits per heavy atom. The first kappa shape index (κ1) is 14.2. The maximum absolute atomic E-state index is 13.2. The van der Waals surface area contributed by atoms with Crippen molar-refractivity contribution in [3.63, 3.8) is 0 Å². The fourth-order valence-electron chi connectivity index (χ4n) is 2.06. The van der Waals surface area contributed by atoms with Crippen molar-refractivity contribution in [1.29, 1.82) is 0 Å². The van der Waals surface area contributed by atoms with Gasteiger partial charge in [-0.1, -0.05) is 42.5 Å². The Bertz CT molecular complexity index is 599. The number of carbonyl (C=O) groups is 1. The van der Waals surface area contributed by atoms with E-state index in [1.165, 1.54) is 6.07 Å². The summed E-state index contributed by atoms with van der Waals surface area (Å²) in [4.78, 5) is 11.5. The van der Waals surface area contributed by atoms with Gasteiger partial charge in [0.25, 0.3) is 0 Å². The second kappa shape index (κ2) is 6.30. The number of benzene rings is 2. The first-order chi connectivity index (χ1) is 9.58. The zero-order chi connectivity index (χ0) is 14.5. The third kappa shape index (κ3) is 3.42. The topological polar surface area (TPSA) is 55.1 Å². The highest BCUT2D eigenvalue weighted by molar-refractivity contribution is 5.81. The van der Waals surface area contributed by atoms with Gasteiger partial charge in [0.1, 0.15) is 11.9 Å². The number of carbonyl (C=O) groups excluding carboxylic acids is 1. The number of hydrogen-bond acceptors (Lipinski definition) is 2. The van der Waals surface area contributed by atoms with E-state index in [4.69, 9.17) is 5.73 Å². The van der Waals surface area contributed by atoms with Crippen LogP contribution in [0.25, 0.3) is 0 Å². The molecule has 0 aliphatic carbocycles. The number of nitrogens with two attached hydrogens (primary N) is 1. The molecule has 0 saturated heterocycles. The molecule has 2 aromatic rings. The van der Waals surface area contributed by atoms with Crippen LogP contribution in [0.4, 0.5) is 4.39 Å². The monoisotopic (exact) mass is 272 g/mol. The van der Waals surface area contributed by atoms with Gasteiger partial charge in [-0.05, 0) is 29.7 Å². The molecule has 0 aromatic heterocycles. The molecule has 0 unspecified atom stereocenters. The summed E-state index contributed by atoms with van der Waals surface area (Å²) in [5, 5.41) is 3.10. The Balaban J connectivity index is 2.10. The molecule has 0 saturated carbocycles. The second-order valence-corrected chi connectivity index (χ2v) is 4.71. The lowest BCUT2D eigenvalue weighted by Gasteiger charge is -2.16. The van der Waals surface area contributed by atoms with Crippen molar-refractivity contribution < 1.29 is 9.18 Å². The zero-order valence-corrected chi connectivity index (χ0v) is 11.3. The molecule has 0 aliphatic rings. The maximum atomic E-state index is 13.2. The molecule has 20 heavy (non-hydrogen) atoms. The number of halogens is 1. The van der Waals surface area contributed by atoms with Gasteiger partial charge in [0.05, 0.1) is 0 Å². The van der Waals surface area contributed by atoms with E-state index in [0.717, 1.165) is 11.1 Å². The standard InChI is InChI=1S/C16H17FN2O/c1-11-9-12(7-8-14(11)17)10-19-15(16(18)20)13-5-3-2-4-6-13/h2-9,15,19H,10H2,1H3,(H2,18,20)/t15-/m0/s1. The molecule has 0 fully saturated rings. The minimum absolute atomic E-state index is 0.233. The van der Waals surface area contributed by atoms with E-state index in [-0.39, 0.29) is 5.82 Å². The first-order valence-corrected chi connectivity index (χ1v) is 6.40. The quantitative estimate of drug-likeness (QED) is 0.878. The average molecular weight is 272 g/mol. The van der Waals surface area contributed by atoms with Crippen LogP contribution in [0.2, 0.25) is 0 Å². The Morgan fingerprint density at radius 3 is 2.55 bits per heavy atom. The van der Waals surface area contributed by atoms with E-state index in [2.05, 4.69) is 5.32 Å². The third-order valence-corrected chi connectivity index (χ3v) is 3.15. The Hall–Kier alpha value is -2.20. The van der Waals surface area contributed by atoms with Crippen molar-refractivity contribution in [2.45, 2.75) is 19.5 Å². The predicted octanol–water partition coefficient (Wildman–Crippen LogP) is 2.45. The van der Waals surface area contributed by atoms with Gasteiger partial charge in [0.2, 0.25) is 5.91 Å². The summed E-state index contributed by atoms with van der Waals surface area (Å²) in [6.45, 7) is 2.16. The number of hydrogen-bond donors (Lipinski definition) is 2. The molecule has 0 radical (unpaired) electrons. The molecule has 0 aliphatic heterocycles. The normalized spacial score (nSPS) is 12.1. The Labute approximate surface area is 117 Å². The smallest absolute Gasteiger partial charge is 0.239 e. The van der Waals surface area contributed by atoms with Gasteiger partial charge in [-0.2, -0.15) is 0 Å². The molecule has 0 spiro atoms. The van der Waals surface area contributed by atoms with Gasteiger partial charge in [0.15, 0.2) is 0 Å². The van der Waals surface area contributed by atoms with E-state index in [0.29, 0.717) is 12.1 Å². The summed E-state index contributed by atoms with van der Waals surface area (Å²) in [5.74, 6) is -0.668. The summed E-state index contributed by atoms with van der Waals surface area (Å²) < 4.78 is 13.2. The average Bonchev–Trinajstić information content (AvgIpc) is 2.44. The van der Waals surface area contributed by atoms with Crippen LogP contribution in [-0.2, 0) is 11.3 Å². The molecule has 0 bridgehead atoms. The van der Waals surface area contributed by atoms with Crippen LogP contribution in [0.1, 0.15) is 22.7 Å². The fraction of sp³-hybridized carbons (Fsp3) is 0.188. The highest BCUT2D eigenvalue weighted by atomic mass is 19.1. The molecule has 2 aromatic carbocycles. The minimum atomic E-state index is -0.554. The van der Waals surface area contributed by atoms with Crippen LogP contribution >= 0.6 is 0 Å². The summed E-state index contributed by atoms with van der Waals surface area (Å²) in [6.07, 6.45) is 0. The number of aryl methyl sites for hydroxylation is 1. The van der Waals surface area contributed by atoms with Crippen LogP contribution < -0.4 is 11.1 Å². The van der Waals surface area contributed by atoms with Crippen LogP contribution in [0, 0.1) is 12.7 Å². The molecular formula is C16H17FN2O. The van der Waals surface area contributed by atoms with Crippen LogP contribution in [0.3, 0.4) is 0 Å². The lowest BCUT2D eigenvalue weighted by atomic mass is 10.1. The molecule has 1 atom stereocenters. The van der Waals surface area contributed by atoms with Gasteiger partial charge in [-0.15, -0.1) is 0 Å². The summed E-state index contributed by atoms with van der Waals surface area (Å²) in [7, 11) is 0. The maximum Gasteiger partial charge on any atom is 0.239 e. The van der Waals surface area contributed by atoms with Crippen molar-refractivity contribution in [2.75, 3.05) is 0 Å². The molecule has 1 amide bonds. The largest absolute Gasteiger partial charge is 0.368 e. The van der Waals surface area contributed by atoms with E-state index >= 15 is 0 Å². The van der Waals surface area contributed by atoms with Crippen molar-refractivity contribution >= 4 is 5.91 Å². The van der Waals surface area contributed by atoms with Crippen LogP contribution in [0.5, 0.6) is 0 Å². The Morgan fingerprint density at radius 2 is 1.95 bits per heavy atom. The van der Waals surface area contributed by atoms with Crippen molar-refractivity contribution in [3.05, 3.63) is 71.0 Å². The highest BCUT2D eigenvalue weighted by Gasteiger charge is 2.16. The fourth-order valence-corrected chi connectivity index (χ4v) is 2.06. The van der Waals surface area contributed by atoms with Crippen LogP contribution in [0.15, 0.2) is 48.5 Å². The zero-order valence-electron chi connectivity index (χ0n) is 11.3. The van der Waals surface area contributed by atoms with Gasteiger partial charge in [-0.25, -0.2) is 4.39 Å². The lowest BCUT2D eigenvalue weighted by molar-refractivity contribution is -0.120. The van der Waals surface area contributed by atoms with E-state index < -0.39 is 11.9 Å².